The van der Waals surface area contributed by atoms with E-state index in [0.29, 0.717) is 31.4 Å². The van der Waals surface area contributed by atoms with Gasteiger partial charge in [0.15, 0.2) is 0 Å². The maximum Gasteiger partial charge on any atom is 0.147 e. The second-order valence-corrected chi connectivity index (χ2v) is 6.25. The predicted octanol–water partition coefficient (Wildman–Crippen LogP) is 3.80. The van der Waals surface area contributed by atoms with Crippen LogP contribution in [-0.2, 0) is 9.53 Å². The molecule has 1 aromatic rings. The monoisotopic (exact) mass is 289 g/mol. The molecule has 1 saturated heterocycles. The summed E-state index contributed by atoms with van der Waals surface area (Å²) >= 11 is 0. The van der Waals surface area contributed by atoms with Gasteiger partial charge in [0.1, 0.15) is 12.5 Å². The molecule has 3 heteroatoms. The average Bonchev–Trinajstić information content (AvgIpc) is 2.81. The van der Waals surface area contributed by atoms with Gasteiger partial charge in [-0.2, -0.15) is 0 Å². The van der Waals surface area contributed by atoms with Crippen molar-refractivity contribution in [1.29, 1.82) is 0 Å². The zero-order valence-corrected chi connectivity index (χ0v) is 13.4. The van der Waals surface area contributed by atoms with E-state index in [1.54, 1.807) is 0 Å². The number of nitrogens with zero attached hydrogens (tertiary/aromatic N) is 1. The number of ketones is 1. The summed E-state index contributed by atoms with van der Waals surface area (Å²) in [5.74, 6) is 0.825. The first-order chi connectivity index (χ1) is 10.1. The summed E-state index contributed by atoms with van der Waals surface area (Å²) in [4.78, 5) is 14.3. The number of hydrogen-bond donors (Lipinski definition) is 0. The van der Waals surface area contributed by atoms with Gasteiger partial charge in [0, 0.05) is 12.5 Å². The lowest BCUT2D eigenvalue weighted by Crippen LogP contribution is -2.34. The van der Waals surface area contributed by atoms with E-state index in [2.05, 4.69) is 37.8 Å². The number of benzene rings is 1. The highest BCUT2D eigenvalue weighted by molar-refractivity contribution is 5.80. The quantitative estimate of drug-likeness (QED) is 0.764. The molecule has 0 radical (unpaired) electrons. The second-order valence-electron chi connectivity index (χ2n) is 6.25. The highest BCUT2D eigenvalue weighted by atomic mass is 16.5. The van der Waals surface area contributed by atoms with Crippen LogP contribution in [0.4, 0.5) is 0 Å². The molecule has 1 aromatic carbocycles. The zero-order valence-electron chi connectivity index (χ0n) is 13.4. The molecule has 0 aromatic heterocycles. The van der Waals surface area contributed by atoms with Crippen molar-refractivity contribution in [1.82, 2.24) is 4.90 Å². The standard InChI is InChI=1S/C18H27NO2/c1-4-8-14(2)11-17(20)12-19-13-21-18(15(19)3)16-9-6-5-7-10-16/h5-7,9-10,14-15,18H,4,8,11-13H2,1-3H3/t14-,15-,18-/m1/s1. The van der Waals surface area contributed by atoms with E-state index in [9.17, 15) is 4.79 Å². The van der Waals surface area contributed by atoms with E-state index in [0.717, 1.165) is 12.8 Å². The van der Waals surface area contributed by atoms with Gasteiger partial charge in [-0.3, -0.25) is 9.69 Å². The molecule has 1 heterocycles. The third-order valence-corrected chi connectivity index (χ3v) is 4.30. The van der Waals surface area contributed by atoms with Gasteiger partial charge in [-0.1, -0.05) is 57.0 Å². The van der Waals surface area contributed by atoms with E-state index in [4.69, 9.17) is 4.74 Å². The molecule has 0 N–H and O–H groups in total. The smallest absolute Gasteiger partial charge is 0.147 e. The van der Waals surface area contributed by atoms with Crippen LogP contribution in [0.25, 0.3) is 0 Å². The first-order valence-corrected chi connectivity index (χ1v) is 8.04. The van der Waals surface area contributed by atoms with Crippen molar-refractivity contribution in [3.05, 3.63) is 35.9 Å². The number of carbonyl (C=O) groups excluding carboxylic acids is 1. The van der Waals surface area contributed by atoms with Crippen molar-refractivity contribution in [2.24, 2.45) is 5.92 Å². The van der Waals surface area contributed by atoms with Gasteiger partial charge < -0.3 is 4.74 Å². The van der Waals surface area contributed by atoms with Crippen LogP contribution in [0.3, 0.4) is 0 Å². The summed E-state index contributed by atoms with van der Waals surface area (Å²) in [7, 11) is 0. The normalized spacial score (nSPS) is 24.1. The molecule has 2 rings (SSSR count). The van der Waals surface area contributed by atoms with Gasteiger partial charge >= 0.3 is 0 Å². The fraction of sp³-hybridized carbons (Fsp3) is 0.611. The second kappa shape index (κ2) is 7.71. The van der Waals surface area contributed by atoms with Crippen LogP contribution in [0.1, 0.15) is 51.7 Å². The van der Waals surface area contributed by atoms with Crippen molar-refractivity contribution in [2.75, 3.05) is 13.3 Å². The summed E-state index contributed by atoms with van der Waals surface area (Å²) in [5, 5.41) is 0. The van der Waals surface area contributed by atoms with E-state index in [-0.39, 0.29) is 12.1 Å². The Bertz CT molecular complexity index is 446. The van der Waals surface area contributed by atoms with E-state index in [1.165, 1.54) is 5.56 Å². The summed E-state index contributed by atoms with van der Waals surface area (Å²) in [6.07, 6.45) is 3.04. The molecule has 0 spiro atoms. The van der Waals surface area contributed by atoms with Gasteiger partial charge in [0.05, 0.1) is 12.6 Å². The minimum Gasteiger partial charge on any atom is -0.357 e. The molecule has 0 unspecified atom stereocenters. The SMILES string of the molecule is CCC[C@@H](C)CC(=O)CN1CO[C@@H](c2ccccc2)[C@H]1C. The minimum atomic E-state index is 0.0760. The lowest BCUT2D eigenvalue weighted by Gasteiger charge is -2.22. The number of Topliss-reactive ketones (excluding diaryl/α,β-unsaturated/α-hetero) is 1. The van der Waals surface area contributed by atoms with Crippen LogP contribution < -0.4 is 0 Å². The molecule has 1 aliphatic rings. The van der Waals surface area contributed by atoms with E-state index in [1.807, 2.05) is 18.2 Å². The molecule has 0 amide bonds. The predicted molar refractivity (Wildman–Crippen MR) is 85.0 cm³/mol. The maximum absolute atomic E-state index is 12.2. The molecular formula is C18H27NO2. The molecule has 1 aliphatic heterocycles. The molecule has 1 fully saturated rings. The average molecular weight is 289 g/mol. The first-order valence-electron chi connectivity index (χ1n) is 8.04. The summed E-state index contributed by atoms with van der Waals surface area (Å²) in [6, 6.07) is 10.5. The molecular weight excluding hydrogens is 262 g/mol. The Hall–Kier alpha value is -1.19. The van der Waals surface area contributed by atoms with Crippen molar-refractivity contribution in [3.8, 4) is 0 Å². The molecule has 0 bridgehead atoms. The van der Waals surface area contributed by atoms with Crippen molar-refractivity contribution in [3.63, 3.8) is 0 Å². The topological polar surface area (TPSA) is 29.5 Å². The Morgan fingerprint density at radius 1 is 1.38 bits per heavy atom. The highest BCUT2D eigenvalue weighted by Crippen LogP contribution is 2.30. The zero-order chi connectivity index (χ0) is 15.2. The largest absolute Gasteiger partial charge is 0.357 e. The molecule has 21 heavy (non-hydrogen) atoms. The Morgan fingerprint density at radius 3 is 2.76 bits per heavy atom. The third kappa shape index (κ3) is 4.39. The van der Waals surface area contributed by atoms with Crippen LogP contribution in [0, 0.1) is 5.92 Å². The summed E-state index contributed by atoms with van der Waals surface area (Å²) < 4.78 is 5.89. The highest BCUT2D eigenvalue weighted by Gasteiger charge is 2.33. The van der Waals surface area contributed by atoms with Crippen molar-refractivity contribution in [2.45, 2.75) is 52.2 Å². The van der Waals surface area contributed by atoms with Crippen LogP contribution in [0.5, 0.6) is 0 Å². The minimum absolute atomic E-state index is 0.0760. The van der Waals surface area contributed by atoms with E-state index >= 15 is 0 Å². The number of ether oxygens (including phenoxy) is 1. The van der Waals surface area contributed by atoms with Crippen LogP contribution in [0.15, 0.2) is 30.3 Å². The lowest BCUT2D eigenvalue weighted by molar-refractivity contribution is -0.121. The van der Waals surface area contributed by atoms with Crippen LogP contribution in [-0.4, -0.2) is 30.0 Å². The molecule has 0 aliphatic carbocycles. The van der Waals surface area contributed by atoms with Gasteiger partial charge in [-0.15, -0.1) is 0 Å². The van der Waals surface area contributed by atoms with Crippen molar-refractivity contribution >= 4 is 5.78 Å². The van der Waals surface area contributed by atoms with Gasteiger partial charge in [0.25, 0.3) is 0 Å². The first kappa shape index (κ1) is 16.2. The lowest BCUT2D eigenvalue weighted by atomic mass is 9.99. The van der Waals surface area contributed by atoms with Gasteiger partial charge in [0.2, 0.25) is 0 Å². The van der Waals surface area contributed by atoms with Gasteiger partial charge in [-0.05, 0) is 18.4 Å². The number of carbonyl (C=O) groups is 1. The molecule has 116 valence electrons. The fourth-order valence-corrected chi connectivity index (χ4v) is 3.11. The Labute approximate surface area is 128 Å². The molecule has 0 saturated carbocycles. The number of rotatable bonds is 7. The van der Waals surface area contributed by atoms with Gasteiger partial charge in [-0.25, -0.2) is 0 Å². The molecule has 3 nitrogen and oxygen atoms in total. The summed E-state index contributed by atoms with van der Waals surface area (Å²) in [6.45, 7) is 7.54. The van der Waals surface area contributed by atoms with Crippen LogP contribution in [0.2, 0.25) is 0 Å². The summed E-state index contributed by atoms with van der Waals surface area (Å²) in [5.41, 5.74) is 1.19. The maximum atomic E-state index is 12.2. The Balaban J connectivity index is 1.87. The van der Waals surface area contributed by atoms with Crippen molar-refractivity contribution < 1.29 is 9.53 Å². The van der Waals surface area contributed by atoms with Crippen LogP contribution >= 0.6 is 0 Å². The fourth-order valence-electron chi connectivity index (χ4n) is 3.11. The Kier molecular flexibility index (Phi) is 5.95. The van der Waals surface area contributed by atoms with E-state index < -0.39 is 0 Å². The third-order valence-electron chi connectivity index (χ3n) is 4.30. The Morgan fingerprint density at radius 2 is 2.10 bits per heavy atom. The number of hydrogen-bond acceptors (Lipinski definition) is 3. The molecule has 3 atom stereocenters.